The molecule has 4 aromatic rings. The normalized spacial score (nSPS) is 11.7. The number of halogens is 1. The van der Waals surface area contributed by atoms with Gasteiger partial charge in [-0.25, -0.2) is 4.99 Å². The highest BCUT2D eigenvalue weighted by atomic mass is 35.5. The number of thiazole rings is 1. The molecule has 3 nitrogen and oxygen atoms in total. The Hall–Kier alpha value is -2.69. The molecule has 0 unspecified atom stereocenters. The van der Waals surface area contributed by atoms with Crippen molar-refractivity contribution >= 4 is 28.6 Å². The fourth-order valence-electron chi connectivity index (χ4n) is 2.71. The first-order chi connectivity index (χ1) is 12.8. The van der Waals surface area contributed by atoms with E-state index in [2.05, 4.69) is 21.0 Å². The highest BCUT2D eigenvalue weighted by Crippen LogP contribution is 2.23. The van der Waals surface area contributed by atoms with Gasteiger partial charge in [0.15, 0.2) is 4.80 Å². The van der Waals surface area contributed by atoms with Crippen LogP contribution in [-0.2, 0) is 6.54 Å². The lowest BCUT2D eigenvalue weighted by atomic mass is 10.1. The highest BCUT2D eigenvalue weighted by molar-refractivity contribution is 7.07. The van der Waals surface area contributed by atoms with Gasteiger partial charge in [0.2, 0.25) is 0 Å². The van der Waals surface area contributed by atoms with E-state index in [4.69, 9.17) is 16.6 Å². The molecule has 4 rings (SSSR count). The molecule has 0 spiro atoms. The van der Waals surface area contributed by atoms with Crippen LogP contribution in [0.1, 0.15) is 5.56 Å². The molecule has 128 valence electrons. The lowest BCUT2D eigenvalue weighted by Crippen LogP contribution is -2.16. The van der Waals surface area contributed by atoms with Crippen LogP contribution in [0.2, 0.25) is 5.02 Å². The lowest BCUT2D eigenvalue weighted by Gasteiger charge is -2.09. The lowest BCUT2D eigenvalue weighted by molar-refractivity contribution is 0.775. The van der Waals surface area contributed by atoms with Gasteiger partial charge in [0, 0.05) is 22.8 Å². The van der Waals surface area contributed by atoms with Gasteiger partial charge in [0.1, 0.15) is 0 Å². The van der Waals surface area contributed by atoms with Gasteiger partial charge in [0.05, 0.1) is 17.9 Å². The maximum atomic E-state index is 6.05. The third-order valence-corrected chi connectivity index (χ3v) is 5.10. The van der Waals surface area contributed by atoms with Gasteiger partial charge < -0.3 is 4.57 Å². The fraction of sp³-hybridized carbons (Fsp3) is 0.0476. The van der Waals surface area contributed by atoms with Gasteiger partial charge in [-0.2, -0.15) is 0 Å². The van der Waals surface area contributed by atoms with Crippen LogP contribution in [0.5, 0.6) is 0 Å². The van der Waals surface area contributed by atoms with Crippen molar-refractivity contribution in [3.05, 3.63) is 99.9 Å². The van der Waals surface area contributed by atoms with Crippen molar-refractivity contribution < 1.29 is 0 Å². The monoisotopic (exact) mass is 377 g/mol. The molecule has 0 aliphatic carbocycles. The van der Waals surface area contributed by atoms with Crippen LogP contribution in [0, 0.1) is 0 Å². The van der Waals surface area contributed by atoms with Crippen molar-refractivity contribution in [3.63, 3.8) is 0 Å². The standard InChI is InChI=1S/C21H16ClN3S/c22-18-10-8-17(9-11-18)20-15-26-21(24-19-6-2-1-3-7-19)25(20)14-16-5-4-12-23-13-16/h1-13,15H,14H2. The Morgan fingerprint density at radius 2 is 1.77 bits per heavy atom. The Labute approximate surface area is 160 Å². The van der Waals surface area contributed by atoms with Gasteiger partial charge in [-0.05, 0) is 41.5 Å². The van der Waals surface area contributed by atoms with Crippen LogP contribution in [0.3, 0.4) is 0 Å². The topological polar surface area (TPSA) is 30.2 Å². The second kappa shape index (κ2) is 7.68. The summed E-state index contributed by atoms with van der Waals surface area (Å²) in [7, 11) is 0. The molecule has 26 heavy (non-hydrogen) atoms. The molecule has 0 radical (unpaired) electrons. The molecule has 5 heteroatoms. The van der Waals surface area contributed by atoms with Crippen molar-refractivity contribution in [2.45, 2.75) is 6.54 Å². The minimum atomic E-state index is 0.709. The van der Waals surface area contributed by atoms with E-state index in [0.717, 1.165) is 32.3 Å². The van der Waals surface area contributed by atoms with Crippen LogP contribution >= 0.6 is 22.9 Å². The predicted molar refractivity (Wildman–Crippen MR) is 108 cm³/mol. The quantitative estimate of drug-likeness (QED) is 0.458. The molecule has 0 fully saturated rings. The number of rotatable bonds is 4. The summed E-state index contributed by atoms with van der Waals surface area (Å²) >= 11 is 7.68. The average molecular weight is 378 g/mol. The first-order valence-corrected chi connectivity index (χ1v) is 9.48. The molecule has 0 bridgehead atoms. The molecule has 0 saturated heterocycles. The van der Waals surface area contributed by atoms with Gasteiger partial charge in [0.25, 0.3) is 0 Å². The summed E-state index contributed by atoms with van der Waals surface area (Å²) in [5.74, 6) is 0. The average Bonchev–Trinajstić information content (AvgIpc) is 3.06. The molecule has 0 N–H and O–H groups in total. The summed E-state index contributed by atoms with van der Waals surface area (Å²) in [4.78, 5) is 10.0. The molecule has 0 atom stereocenters. The van der Waals surface area contributed by atoms with Crippen LogP contribution in [0.15, 0.2) is 89.5 Å². The number of benzene rings is 2. The van der Waals surface area contributed by atoms with Gasteiger partial charge in [-0.1, -0.05) is 48.0 Å². The van der Waals surface area contributed by atoms with Crippen molar-refractivity contribution in [1.29, 1.82) is 0 Å². The third-order valence-electron chi connectivity index (χ3n) is 3.98. The molecule has 0 aliphatic heterocycles. The zero-order valence-corrected chi connectivity index (χ0v) is 15.5. The van der Waals surface area contributed by atoms with Crippen LogP contribution in [0.4, 0.5) is 5.69 Å². The molecule has 2 aromatic heterocycles. The summed E-state index contributed by atoms with van der Waals surface area (Å²) < 4.78 is 2.22. The van der Waals surface area contributed by atoms with Crippen molar-refractivity contribution in [3.8, 4) is 11.3 Å². The van der Waals surface area contributed by atoms with E-state index in [9.17, 15) is 0 Å². The number of para-hydroxylation sites is 1. The summed E-state index contributed by atoms with van der Waals surface area (Å²) in [6.07, 6.45) is 3.68. The maximum absolute atomic E-state index is 6.05. The summed E-state index contributed by atoms with van der Waals surface area (Å²) in [5, 5.41) is 2.87. The van der Waals surface area contributed by atoms with E-state index >= 15 is 0 Å². The largest absolute Gasteiger partial charge is 0.312 e. The van der Waals surface area contributed by atoms with Crippen molar-refractivity contribution in [1.82, 2.24) is 9.55 Å². The zero-order chi connectivity index (χ0) is 17.8. The minimum absolute atomic E-state index is 0.709. The fourth-order valence-corrected chi connectivity index (χ4v) is 3.76. The zero-order valence-electron chi connectivity index (χ0n) is 13.9. The van der Waals surface area contributed by atoms with Gasteiger partial charge in [-0.15, -0.1) is 11.3 Å². The third kappa shape index (κ3) is 3.77. The van der Waals surface area contributed by atoms with E-state index in [-0.39, 0.29) is 0 Å². The molecule has 2 aromatic carbocycles. The molecule has 0 saturated carbocycles. The Morgan fingerprint density at radius 1 is 0.962 bits per heavy atom. The van der Waals surface area contributed by atoms with E-state index in [1.807, 2.05) is 66.9 Å². The molecule has 0 amide bonds. The molecule has 0 aliphatic rings. The van der Waals surface area contributed by atoms with Crippen LogP contribution in [-0.4, -0.2) is 9.55 Å². The SMILES string of the molecule is Clc1ccc(-c2csc(=Nc3ccccc3)n2Cc2cccnc2)cc1. The van der Waals surface area contributed by atoms with Crippen LogP contribution < -0.4 is 4.80 Å². The Kier molecular flexibility index (Phi) is 4.95. The number of hydrogen-bond acceptors (Lipinski definition) is 3. The Morgan fingerprint density at radius 3 is 2.50 bits per heavy atom. The summed E-state index contributed by atoms with van der Waals surface area (Å²) in [6, 6.07) is 22.0. The molecule has 2 heterocycles. The number of pyridine rings is 1. The smallest absolute Gasteiger partial charge is 0.190 e. The summed E-state index contributed by atoms with van der Waals surface area (Å²) in [5.41, 5.74) is 4.31. The second-order valence-electron chi connectivity index (χ2n) is 5.81. The Bertz CT molecular complexity index is 1050. The number of hydrogen-bond donors (Lipinski definition) is 0. The van der Waals surface area contributed by atoms with Gasteiger partial charge >= 0.3 is 0 Å². The molecular weight excluding hydrogens is 362 g/mol. The summed E-state index contributed by atoms with van der Waals surface area (Å²) in [6.45, 7) is 0.709. The van der Waals surface area contributed by atoms with E-state index < -0.39 is 0 Å². The van der Waals surface area contributed by atoms with Crippen LogP contribution in [0.25, 0.3) is 11.3 Å². The Balaban J connectivity index is 1.84. The maximum Gasteiger partial charge on any atom is 0.190 e. The first kappa shape index (κ1) is 16.8. The van der Waals surface area contributed by atoms with E-state index in [0.29, 0.717) is 6.54 Å². The van der Waals surface area contributed by atoms with E-state index in [1.165, 1.54) is 0 Å². The second-order valence-corrected chi connectivity index (χ2v) is 7.08. The van der Waals surface area contributed by atoms with Crippen molar-refractivity contribution in [2.75, 3.05) is 0 Å². The number of aromatic nitrogens is 2. The first-order valence-electron chi connectivity index (χ1n) is 8.22. The van der Waals surface area contributed by atoms with Crippen molar-refractivity contribution in [2.24, 2.45) is 4.99 Å². The van der Waals surface area contributed by atoms with Gasteiger partial charge in [-0.3, -0.25) is 4.98 Å². The minimum Gasteiger partial charge on any atom is -0.312 e. The van der Waals surface area contributed by atoms with E-state index in [1.54, 1.807) is 17.5 Å². The molecular formula is C21H16ClN3S. The number of nitrogens with zero attached hydrogens (tertiary/aromatic N) is 3. The predicted octanol–water partition coefficient (Wildman–Crippen LogP) is 5.55. The highest BCUT2D eigenvalue weighted by Gasteiger charge is 2.09.